The molecule has 2 atom stereocenters. The van der Waals surface area contributed by atoms with E-state index in [4.69, 9.17) is 9.47 Å². The normalized spacial score (nSPS) is 24.2. The number of morpholine rings is 1. The van der Waals surface area contributed by atoms with Gasteiger partial charge in [-0.3, -0.25) is 4.79 Å². The molecular weight excluding hydrogens is 401 g/mol. The molecule has 0 aliphatic carbocycles. The minimum Gasteiger partial charge on any atom is -0.369 e. The summed E-state index contributed by atoms with van der Waals surface area (Å²) in [4.78, 5) is 21.5. The monoisotopic (exact) mass is 422 g/mol. The van der Waals surface area contributed by atoms with Crippen LogP contribution in [0, 0.1) is 0 Å². The summed E-state index contributed by atoms with van der Waals surface area (Å²) >= 11 is 0. The summed E-state index contributed by atoms with van der Waals surface area (Å²) in [5, 5.41) is 2.85. The molecule has 30 heavy (non-hydrogen) atoms. The number of nitrogens with zero attached hydrogens (tertiary/aromatic N) is 3. The van der Waals surface area contributed by atoms with Crippen molar-refractivity contribution in [3.8, 4) is 0 Å². The molecule has 0 radical (unpaired) electrons. The molecule has 2 unspecified atom stereocenters. The van der Waals surface area contributed by atoms with Gasteiger partial charge in [-0.25, -0.2) is 9.97 Å². The van der Waals surface area contributed by atoms with Crippen molar-refractivity contribution in [1.82, 2.24) is 15.3 Å². The van der Waals surface area contributed by atoms with Gasteiger partial charge >= 0.3 is 6.18 Å². The first kappa shape index (κ1) is 20.5. The predicted octanol–water partition coefficient (Wildman–Crippen LogP) is 2.18. The van der Waals surface area contributed by atoms with Crippen LogP contribution in [0.4, 0.5) is 19.0 Å². The summed E-state index contributed by atoms with van der Waals surface area (Å²) in [6.45, 7) is 1.54. The van der Waals surface area contributed by atoms with Gasteiger partial charge in [0.25, 0.3) is 0 Å². The third-order valence-corrected chi connectivity index (χ3v) is 5.22. The smallest absolute Gasteiger partial charge is 0.369 e. The quantitative estimate of drug-likeness (QED) is 0.814. The summed E-state index contributed by atoms with van der Waals surface area (Å²) in [7, 11) is 0. The van der Waals surface area contributed by atoms with E-state index >= 15 is 0 Å². The maximum atomic E-state index is 13.0. The number of ether oxygens (including phenoxy) is 2. The first-order valence-electron chi connectivity index (χ1n) is 9.56. The van der Waals surface area contributed by atoms with E-state index < -0.39 is 23.6 Å². The lowest BCUT2D eigenvalue weighted by Crippen LogP contribution is -2.53. The van der Waals surface area contributed by atoms with Crippen LogP contribution in [0.25, 0.3) is 0 Å². The maximum absolute atomic E-state index is 13.0. The van der Waals surface area contributed by atoms with E-state index in [0.717, 1.165) is 18.0 Å². The molecule has 2 aliphatic rings. The van der Waals surface area contributed by atoms with Crippen molar-refractivity contribution >= 4 is 11.7 Å². The molecule has 2 saturated heterocycles. The van der Waals surface area contributed by atoms with Crippen molar-refractivity contribution in [3.05, 3.63) is 54.0 Å². The van der Waals surface area contributed by atoms with E-state index in [0.29, 0.717) is 26.1 Å². The van der Waals surface area contributed by atoms with E-state index in [1.807, 2.05) is 30.3 Å². The molecule has 3 heterocycles. The van der Waals surface area contributed by atoms with Crippen LogP contribution in [0.3, 0.4) is 0 Å². The number of anilines is 1. The number of benzene rings is 1. The van der Waals surface area contributed by atoms with Gasteiger partial charge in [0.1, 0.15) is 29.5 Å². The van der Waals surface area contributed by atoms with Crippen molar-refractivity contribution in [2.24, 2.45) is 0 Å². The second kappa shape index (κ2) is 8.19. The van der Waals surface area contributed by atoms with Crippen molar-refractivity contribution in [3.63, 3.8) is 0 Å². The van der Waals surface area contributed by atoms with E-state index in [9.17, 15) is 18.0 Å². The Morgan fingerprint density at radius 3 is 2.83 bits per heavy atom. The van der Waals surface area contributed by atoms with E-state index in [-0.39, 0.29) is 24.9 Å². The van der Waals surface area contributed by atoms with Crippen LogP contribution in [0.5, 0.6) is 0 Å². The third kappa shape index (κ3) is 4.54. The highest BCUT2D eigenvalue weighted by atomic mass is 19.4. The fourth-order valence-corrected chi connectivity index (χ4v) is 3.70. The Balaban J connectivity index is 1.39. The summed E-state index contributed by atoms with van der Waals surface area (Å²) in [6, 6.07) is 10.4. The Kier molecular flexibility index (Phi) is 5.61. The van der Waals surface area contributed by atoms with Crippen molar-refractivity contribution in [2.45, 2.75) is 30.8 Å². The highest BCUT2D eigenvalue weighted by molar-refractivity contribution is 5.81. The van der Waals surface area contributed by atoms with Gasteiger partial charge in [-0.1, -0.05) is 30.3 Å². The summed E-state index contributed by atoms with van der Waals surface area (Å²) in [5.41, 5.74) is -0.784. The number of halogens is 3. The second-order valence-corrected chi connectivity index (χ2v) is 7.42. The number of nitrogens with one attached hydrogen (secondary N) is 1. The fourth-order valence-electron chi connectivity index (χ4n) is 3.70. The molecule has 10 heteroatoms. The molecule has 2 aliphatic heterocycles. The van der Waals surface area contributed by atoms with Crippen LogP contribution in [-0.2, 0) is 27.0 Å². The molecule has 4 rings (SSSR count). The van der Waals surface area contributed by atoms with Gasteiger partial charge in [-0.2, -0.15) is 13.2 Å². The number of aromatic nitrogens is 2. The molecular formula is C20H21F3N4O3. The van der Waals surface area contributed by atoms with Gasteiger partial charge in [0.05, 0.1) is 19.8 Å². The van der Waals surface area contributed by atoms with Gasteiger partial charge in [-0.15, -0.1) is 0 Å². The van der Waals surface area contributed by atoms with Crippen molar-refractivity contribution < 1.29 is 27.4 Å². The number of carbonyl (C=O) groups excluding carboxylic acids is 1. The van der Waals surface area contributed by atoms with E-state index in [1.165, 1.54) is 0 Å². The van der Waals surface area contributed by atoms with Crippen LogP contribution in [-0.4, -0.2) is 53.9 Å². The van der Waals surface area contributed by atoms with Crippen LogP contribution >= 0.6 is 0 Å². The van der Waals surface area contributed by atoms with Crippen molar-refractivity contribution in [2.75, 3.05) is 31.2 Å². The Bertz CT molecular complexity index is 896. The van der Waals surface area contributed by atoms with E-state index in [1.54, 1.807) is 4.90 Å². The van der Waals surface area contributed by atoms with Crippen LogP contribution < -0.4 is 10.2 Å². The Morgan fingerprint density at radius 2 is 2.07 bits per heavy atom. The van der Waals surface area contributed by atoms with Gasteiger partial charge in [0.15, 0.2) is 0 Å². The molecule has 1 aromatic heterocycles. The Morgan fingerprint density at radius 1 is 1.27 bits per heavy atom. The number of rotatable bonds is 4. The highest BCUT2D eigenvalue weighted by Crippen LogP contribution is 2.34. The zero-order chi connectivity index (χ0) is 21.2. The number of alkyl halides is 3. The topological polar surface area (TPSA) is 76.6 Å². The predicted molar refractivity (Wildman–Crippen MR) is 101 cm³/mol. The molecule has 1 aromatic carbocycles. The summed E-state index contributed by atoms with van der Waals surface area (Å²) in [5.74, 6) is -0.0603. The standard InChI is InChI=1S/C20H21F3N4O3/c21-20(22,23)16-8-17(26-13-25-16)27-6-7-30-19(11-27)9-15(29-12-19)18(28)24-10-14-4-2-1-3-5-14/h1-5,8,13,15H,6-7,9-12H2,(H,24,28). The number of hydrogen-bond acceptors (Lipinski definition) is 6. The SMILES string of the molecule is O=C(NCc1ccccc1)C1CC2(CO1)CN(c1cc(C(F)(F)F)ncn1)CCO2. The number of carbonyl (C=O) groups is 1. The lowest BCUT2D eigenvalue weighted by atomic mass is 9.97. The van der Waals surface area contributed by atoms with Crippen LogP contribution in [0.1, 0.15) is 17.7 Å². The van der Waals surface area contributed by atoms with E-state index in [2.05, 4.69) is 15.3 Å². The first-order chi connectivity index (χ1) is 14.3. The zero-order valence-corrected chi connectivity index (χ0v) is 16.1. The average molecular weight is 422 g/mol. The number of amides is 1. The largest absolute Gasteiger partial charge is 0.433 e. The minimum absolute atomic E-state index is 0.178. The summed E-state index contributed by atoms with van der Waals surface area (Å²) in [6.07, 6.45) is -3.99. The average Bonchev–Trinajstić information content (AvgIpc) is 3.15. The van der Waals surface area contributed by atoms with Gasteiger partial charge < -0.3 is 19.7 Å². The maximum Gasteiger partial charge on any atom is 0.433 e. The molecule has 7 nitrogen and oxygen atoms in total. The zero-order valence-electron chi connectivity index (χ0n) is 16.1. The lowest BCUT2D eigenvalue weighted by Gasteiger charge is -2.40. The first-order valence-corrected chi connectivity index (χ1v) is 9.56. The van der Waals surface area contributed by atoms with Crippen LogP contribution in [0.15, 0.2) is 42.7 Å². The third-order valence-electron chi connectivity index (χ3n) is 5.22. The van der Waals surface area contributed by atoms with Crippen LogP contribution in [0.2, 0.25) is 0 Å². The van der Waals surface area contributed by atoms with Gasteiger partial charge in [0, 0.05) is 25.6 Å². The molecule has 0 bridgehead atoms. The second-order valence-electron chi connectivity index (χ2n) is 7.42. The molecule has 1 amide bonds. The Hall–Kier alpha value is -2.72. The number of hydrogen-bond donors (Lipinski definition) is 1. The molecule has 1 spiro atoms. The van der Waals surface area contributed by atoms with Crippen molar-refractivity contribution in [1.29, 1.82) is 0 Å². The molecule has 0 saturated carbocycles. The van der Waals surface area contributed by atoms with Gasteiger partial charge in [0.2, 0.25) is 5.91 Å². The minimum atomic E-state index is -4.54. The molecule has 160 valence electrons. The molecule has 2 fully saturated rings. The highest BCUT2D eigenvalue weighted by Gasteiger charge is 2.47. The summed E-state index contributed by atoms with van der Waals surface area (Å²) < 4.78 is 50.5. The Labute approximate surface area is 171 Å². The molecule has 1 N–H and O–H groups in total. The lowest BCUT2D eigenvalue weighted by molar-refractivity contribution is -0.141. The van der Waals surface area contributed by atoms with Gasteiger partial charge in [-0.05, 0) is 5.56 Å². The fraction of sp³-hybridized carbons (Fsp3) is 0.450. The molecule has 2 aromatic rings.